The van der Waals surface area contributed by atoms with Crippen molar-refractivity contribution in [3.8, 4) is 0 Å². The maximum Gasteiger partial charge on any atom is 0.317 e. The van der Waals surface area contributed by atoms with Crippen molar-refractivity contribution in [2.24, 2.45) is 5.41 Å². The summed E-state index contributed by atoms with van der Waals surface area (Å²) in [5.74, 6) is -0.846. The van der Waals surface area contributed by atoms with E-state index in [1.807, 2.05) is 31.2 Å². The van der Waals surface area contributed by atoms with E-state index in [9.17, 15) is 14.7 Å². The van der Waals surface area contributed by atoms with Crippen LogP contribution in [0.1, 0.15) is 32.3 Å². The lowest BCUT2D eigenvalue weighted by Gasteiger charge is -2.24. The molecule has 2 unspecified atom stereocenters. The molecule has 1 aliphatic rings. The monoisotopic (exact) mass is 338 g/mol. The normalized spacial score (nSPS) is 22.0. The van der Waals surface area contributed by atoms with Crippen LogP contribution in [-0.4, -0.2) is 41.1 Å². The Morgan fingerprint density at radius 3 is 2.57 bits per heavy atom. The first-order valence-corrected chi connectivity index (χ1v) is 8.25. The van der Waals surface area contributed by atoms with Crippen LogP contribution in [0.15, 0.2) is 24.3 Å². The minimum absolute atomic E-state index is 0.0142. The zero-order chi connectivity index (χ0) is 17.0. The molecule has 5 nitrogen and oxygen atoms in total. The number of carboxylic acids is 1. The Hall–Kier alpha value is -1.75. The van der Waals surface area contributed by atoms with Crippen LogP contribution in [0.25, 0.3) is 0 Å². The number of carbonyl (C=O) groups excluding carboxylic acids is 1. The smallest absolute Gasteiger partial charge is 0.317 e. The van der Waals surface area contributed by atoms with Gasteiger partial charge < -0.3 is 15.3 Å². The van der Waals surface area contributed by atoms with Crippen LogP contribution in [-0.2, 0) is 11.2 Å². The van der Waals surface area contributed by atoms with Gasteiger partial charge in [-0.15, -0.1) is 0 Å². The van der Waals surface area contributed by atoms with Crippen LogP contribution in [0.2, 0.25) is 5.02 Å². The molecule has 1 heterocycles. The lowest BCUT2D eigenvalue weighted by atomic mass is 9.90. The van der Waals surface area contributed by atoms with E-state index in [-0.39, 0.29) is 18.6 Å². The second kappa shape index (κ2) is 7.21. The number of likely N-dealkylation sites (tertiary alicyclic amines) is 1. The van der Waals surface area contributed by atoms with Gasteiger partial charge in [0.1, 0.15) is 0 Å². The van der Waals surface area contributed by atoms with Gasteiger partial charge in [-0.05, 0) is 43.9 Å². The molecule has 0 saturated carbocycles. The van der Waals surface area contributed by atoms with E-state index < -0.39 is 11.4 Å². The summed E-state index contributed by atoms with van der Waals surface area (Å²) in [5.41, 5.74) is 0.272. The summed E-state index contributed by atoms with van der Waals surface area (Å²) in [5, 5.41) is 12.9. The fourth-order valence-electron chi connectivity index (χ4n) is 2.78. The predicted octanol–water partition coefficient (Wildman–Crippen LogP) is 3.17. The van der Waals surface area contributed by atoms with Gasteiger partial charge in [-0.1, -0.05) is 30.7 Å². The first-order chi connectivity index (χ1) is 10.8. The highest BCUT2D eigenvalue weighted by molar-refractivity contribution is 6.30. The van der Waals surface area contributed by atoms with Crippen LogP contribution in [0.5, 0.6) is 0 Å². The van der Waals surface area contributed by atoms with Gasteiger partial charge in [0.2, 0.25) is 0 Å². The van der Waals surface area contributed by atoms with E-state index in [2.05, 4.69) is 5.32 Å². The summed E-state index contributed by atoms with van der Waals surface area (Å²) >= 11 is 5.88. The minimum Gasteiger partial charge on any atom is -0.481 e. The maximum atomic E-state index is 12.4. The Morgan fingerprint density at radius 2 is 2.04 bits per heavy atom. The molecule has 1 aliphatic heterocycles. The maximum absolute atomic E-state index is 12.4. The first kappa shape index (κ1) is 17.6. The highest BCUT2D eigenvalue weighted by Gasteiger charge is 2.42. The van der Waals surface area contributed by atoms with Gasteiger partial charge in [-0.25, -0.2) is 4.79 Å². The molecule has 6 heteroatoms. The van der Waals surface area contributed by atoms with E-state index >= 15 is 0 Å². The molecule has 2 amide bonds. The fourth-order valence-corrected chi connectivity index (χ4v) is 2.90. The highest BCUT2D eigenvalue weighted by atomic mass is 35.5. The van der Waals surface area contributed by atoms with Gasteiger partial charge >= 0.3 is 12.0 Å². The highest BCUT2D eigenvalue weighted by Crippen LogP contribution is 2.30. The molecule has 2 rings (SSSR count). The number of amides is 2. The quantitative estimate of drug-likeness (QED) is 0.866. The van der Waals surface area contributed by atoms with Gasteiger partial charge in [0.05, 0.1) is 5.41 Å². The van der Waals surface area contributed by atoms with Crippen molar-refractivity contribution in [1.82, 2.24) is 10.2 Å². The summed E-state index contributed by atoms with van der Waals surface area (Å²) in [7, 11) is 0. The average molecular weight is 339 g/mol. The molecule has 0 aromatic heterocycles. The van der Waals surface area contributed by atoms with Crippen molar-refractivity contribution in [2.45, 2.75) is 39.2 Å². The van der Waals surface area contributed by atoms with Crippen LogP contribution in [0.3, 0.4) is 0 Å². The number of aliphatic carboxylic acids is 1. The molecule has 1 aromatic rings. The third-order valence-corrected chi connectivity index (χ3v) is 4.74. The molecule has 1 fully saturated rings. The van der Waals surface area contributed by atoms with Crippen molar-refractivity contribution >= 4 is 23.6 Å². The van der Waals surface area contributed by atoms with Crippen LogP contribution in [0.4, 0.5) is 4.79 Å². The second-order valence-electron chi connectivity index (χ2n) is 6.42. The molecule has 0 spiro atoms. The number of rotatable bonds is 5. The van der Waals surface area contributed by atoms with Crippen molar-refractivity contribution in [2.75, 3.05) is 13.1 Å². The summed E-state index contributed by atoms with van der Waals surface area (Å²) in [6.07, 6.45) is 2.02. The van der Waals surface area contributed by atoms with Crippen LogP contribution in [0, 0.1) is 5.41 Å². The Morgan fingerprint density at radius 1 is 1.39 bits per heavy atom. The number of urea groups is 1. The van der Waals surface area contributed by atoms with Gasteiger partial charge in [0, 0.05) is 24.2 Å². The van der Waals surface area contributed by atoms with Gasteiger partial charge in [0.25, 0.3) is 0 Å². The van der Waals surface area contributed by atoms with E-state index in [1.54, 1.807) is 11.8 Å². The molecule has 0 bridgehead atoms. The van der Waals surface area contributed by atoms with Crippen molar-refractivity contribution in [3.05, 3.63) is 34.9 Å². The standard InChI is InChI=1S/C17H23ClN2O3/c1-3-14(10-12-4-6-13(18)7-5-12)19-16(23)20-9-8-17(2,11-20)15(21)22/h4-7,14H,3,8-11H2,1-2H3,(H,19,23)(H,21,22). The van der Waals surface area contributed by atoms with E-state index in [4.69, 9.17) is 11.6 Å². The van der Waals surface area contributed by atoms with E-state index in [0.29, 0.717) is 18.0 Å². The molecule has 23 heavy (non-hydrogen) atoms. The zero-order valence-corrected chi connectivity index (χ0v) is 14.3. The molecular weight excluding hydrogens is 316 g/mol. The topological polar surface area (TPSA) is 69.6 Å². The summed E-state index contributed by atoms with van der Waals surface area (Å²) < 4.78 is 0. The lowest BCUT2D eigenvalue weighted by Crippen LogP contribution is -2.45. The Labute approximate surface area is 141 Å². The summed E-state index contributed by atoms with van der Waals surface area (Å²) in [4.78, 5) is 25.2. The number of halogens is 1. The van der Waals surface area contributed by atoms with E-state index in [1.165, 1.54) is 0 Å². The largest absolute Gasteiger partial charge is 0.481 e. The van der Waals surface area contributed by atoms with Gasteiger partial charge in [0.15, 0.2) is 0 Å². The van der Waals surface area contributed by atoms with E-state index in [0.717, 1.165) is 18.4 Å². The minimum atomic E-state index is -0.846. The number of hydrogen-bond acceptors (Lipinski definition) is 2. The van der Waals surface area contributed by atoms with Crippen LogP contribution < -0.4 is 5.32 Å². The van der Waals surface area contributed by atoms with Crippen LogP contribution >= 0.6 is 11.6 Å². The lowest BCUT2D eigenvalue weighted by molar-refractivity contribution is -0.146. The molecule has 126 valence electrons. The summed E-state index contributed by atoms with van der Waals surface area (Å²) in [6.45, 7) is 4.44. The fraction of sp³-hybridized carbons (Fsp3) is 0.529. The molecule has 0 aliphatic carbocycles. The van der Waals surface area contributed by atoms with Crippen molar-refractivity contribution < 1.29 is 14.7 Å². The van der Waals surface area contributed by atoms with Gasteiger partial charge in [-0.2, -0.15) is 0 Å². The zero-order valence-electron chi connectivity index (χ0n) is 13.5. The second-order valence-corrected chi connectivity index (χ2v) is 6.86. The van der Waals surface area contributed by atoms with Crippen molar-refractivity contribution in [3.63, 3.8) is 0 Å². The Balaban J connectivity index is 1.92. The number of nitrogens with one attached hydrogen (secondary N) is 1. The molecule has 2 atom stereocenters. The first-order valence-electron chi connectivity index (χ1n) is 7.87. The number of benzene rings is 1. The Bertz CT molecular complexity index is 576. The van der Waals surface area contributed by atoms with Gasteiger partial charge in [-0.3, -0.25) is 4.79 Å². The molecule has 2 N–H and O–H groups in total. The Kier molecular flexibility index (Phi) is 5.52. The summed E-state index contributed by atoms with van der Waals surface area (Å²) in [6, 6.07) is 7.41. The SMILES string of the molecule is CCC(Cc1ccc(Cl)cc1)NC(=O)N1CCC(C)(C(=O)O)C1. The number of carbonyl (C=O) groups is 2. The third-order valence-electron chi connectivity index (χ3n) is 4.49. The predicted molar refractivity (Wildman–Crippen MR) is 89.7 cm³/mol. The third kappa shape index (κ3) is 4.38. The molecule has 0 radical (unpaired) electrons. The number of carboxylic acid groups (broad SMARTS) is 1. The average Bonchev–Trinajstić information content (AvgIpc) is 2.93. The number of nitrogens with zero attached hydrogens (tertiary/aromatic N) is 1. The van der Waals surface area contributed by atoms with Crippen molar-refractivity contribution in [1.29, 1.82) is 0 Å². The number of hydrogen-bond donors (Lipinski definition) is 2. The molecule has 1 aromatic carbocycles. The molecular formula is C17H23ClN2O3. The molecule has 1 saturated heterocycles.